The third-order valence-corrected chi connectivity index (χ3v) is 4.53. The summed E-state index contributed by atoms with van der Waals surface area (Å²) in [5, 5.41) is 3.55. The molecule has 0 atom stereocenters. The number of halogens is 2. The molecule has 0 aromatic heterocycles. The Morgan fingerprint density at radius 2 is 1.80 bits per heavy atom. The third-order valence-electron chi connectivity index (χ3n) is 3.90. The number of nitrogens with two attached hydrogens (primary N) is 1. The quantitative estimate of drug-likeness (QED) is 0.815. The lowest BCUT2D eigenvalue weighted by molar-refractivity contribution is 0.0950. The van der Waals surface area contributed by atoms with E-state index < -0.39 is 0 Å². The molecule has 0 aliphatic heterocycles. The Labute approximate surface area is 129 Å². The first-order valence-electron chi connectivity index (χ1n) is 7.10. The topological polar surface area (TPSA) is 55.1 Å². The minimum atomic E-state index is -0.149. The fourth-order valence-corrected chi connectivity index (χ4v) is 3.17. The number of rotatable bonds is 4. The predicted molar refractivity (Wildman–Crippen MR) is 84.4 cm³/mol. The zero-order chi connectivity index (χ0) is 14.5. The lowest BCUT2D eigenvalue weighted by Crippen LogP contribution is -2.26. The highest BCUT2D eigenvalue weighted by Crippen LogP contribution is 2.29. The molecule has 0 saturated heterocycles. The zero-order valence-electron chi connectivity index (χ0n) is 11.4. The molecule has 1 amide bonds. The zero-order valence-corrected chi connectivity index (χ0v) is 12.9. The van der Waals surface area contributed by atoms with E-state index in [0.717, 1.165) is 12.3 Å². The molecule has 0 heterocycles. The van der Waals surface area contributed by atoms with Crippen LogP contribution in [0.1, 0.15) is 48.9 Å². The van der Waals surface area contributed by atoms with E-state index in [0.29, 0.717) is 27.8 Å². The van der Waals surface area contributed by atoms with E-state index in [-0.39, 0.29) is 5.91 Å². The number of anilines is 1. The highest BCUT2D eigenvalue weighted by molar-refractivity contribution is 6.39. The van der Waals surface area contributed by atoms with Crippen LogP contribution in [0.3, 0.4) is 0 Å². The van der Waals surface area contributed by atoms with Crippen molar-refractivity contribution in [2.75, 3.05) is 12.3 Å². The Morgan fingerprint density at radius 3 is 2.40 bits per heavy atom. The maximum Gasteiger partial charge on any atom is 0.251 e. The second-order valence-corrected chi connectivity index (χ2v) is 6.22. The van der Waals surface area contributed by atoms with Gasteiger partial charge in [0.15, 0.2) is 0 Å². The molecule has 20 heavy (non-hydrogen) atoms. The number of hydrogen-bond acceptors (Lipinski definition) is 2. The van der Waals surface area contributed by atoms with E-state index >= 15 is 0 Å². The van der Waals surface area contributed by atoms with Gasteiger partial charge in [0.1, 0.15) is 0 Å². The standard InChI is InChI=1S/C15H20Cl2N2O/c16-12-8-11(9-13(17)14(12)18)15(20)19-7-6-10-4-2-1-3-5-10/h8-10H,1-7,18H2,(H,19,20). The first-order chi connectivity index (χ1) is 9.58. The summed E-state index contributed by atoms with van der Waals surface area (Å²) in [4.78, 5) is 12.0. The molecule has 0 unspecified atom stereocenters. The predicted octanol–water partition coefficient (Wildman–Crippen LogP) is 4.28. The van der Waals surface area contributed by atoms with Gasteiger partial charge in [-0.3, -0.25) is 4.79 Å². The number of benzene rings is 1. The van der Waals surface area contributed by atoms with E-state index in [9.17, 15) is 4.79 Å². The van der Waals surface area contributed by atoms with Gasteiger partial charge in [-0.2, -0.15) is 0 Å². The molecular formula is C15H20Cl2N2O. The fourth-order valence-electron chi connectivity index (χ4n) is 2.68. The summed E-state index contributed by atoms with van der Waals surface area (Å²) in [6.07, 6.45) is 7.61. The van der Waals surface area contributed by atoms with Crippen LogP contribution in [-0.4, -0.2) is 12.5 Å². The van der Waals surface area contributed by atoms with E-state index in [1.807, 2.05) is 0 Å². The van der Waals surface area contributed by atoms with Crippen molar-refractivity contribution in [3.05, 3.63) is 27.7 Å². The van der Waals surface area contributed by atoms with Crippen LogP contribution in [0.2, 0.25) is 10.0 Å². The van der Waals surface area contributed by atoms with Crippen molar-refractivity contribution < 1.29 is 4.79 Å². The van der Waals surface area contributed by atoms with Gasteiger partial charge in [-0.1, -0.05) is 55.3 Å². The van der Waals surface area contributed by atoms with Crippen LogP contribution in [-0.2, 0) is 0 Å². The number of hydrogen-bond donors (Lipinski definition) is 2. The van der Waals surface area contributed by atoms with Crippen molar-refractivity contribution in [1.82, 2.24) is 5.32 Å². The summed E-state index contributed by atoms with van der Waals surface area (Å²) in [5.41, 5.74) is 6.42. The van der Waals surface area contributed by atoms with Gasteiger partial charge in [-0.15, -0.1) is 0 Å². The first-order valence-corrected chi connectivity index (χ1v) is 7.86. The Hall–Kier alpha value is -0.930. The van der Waals surface area contributed by atoms with Gasteiger partial charge in [-0.25, -0.2) is 0 Å². The first kappa shape index (κ1) is 15.5. The molecule has 1 aliphatic carbocycles. The van der Waals surface area contributed by atoms with Crippen LogP contribution in [0.5, 0.6) is 0 Å². The summed E-state index contributed by atoms with van der Waals surface area (Å²) >= 11 is 11.9. The molecule has 3 nitrogen and oxygen atoms in total. The number of nitrogens with one attached hydrogen (secondary N) is 1. The van der Waals surface area contributed by atoms with E-state index in [1.165, 1.54) is 32.1 Å². The molecule has 0 spiro atoms. The summed E-state index contributed by atoms with van der Waals surface area (Å²) in [7, 11) is 0. The molecule has 1 saturated carbocycles. The van der Waals surface area contributed by atoms with Gasteiger partial charge in [-0.05, 0) is 24.5 Å². The summed E-state index contributed by atoms with van der Waals surface area (Å²) in [6.45, 7) is 0.698. The van der Waals surface area contributed by atoms with Crippen molar-refractivity contribution in [3.8, 4) is 0 Å². The molecule has 3 N–H and O–H groups in total. The lowest BCUT2D eigenvalue weighted by Gasteiger charge is -2.21. The molecule has 1 fully saturated rings. The Bertz CT molecular complexity index is 462. The minimum absolute atomic E-state index is 0.149. The average Bonchev–Trinajstić information content (AvgIpc) is 2.45. The van der Waals surface area contributed by atoms with Gasteiger partial charge in [0.25, 0.3) is 5.91 Å². The van der Waals surface area contributed by atoms with Crippen LogP contribution in [0.4, 0.5) is 5.69 Å². The average molecular weight is 315 g/mol. The summed E-state index contributed by atoms with van der Waals surface area (Å²) in [6, 6.07) is 3.11. The van der Waals surface area contributed by atoms with E-state index in [1.54, 1.807) is 12.1 Å². The lowest BCUT2D eigenvalue weighted by atomic mass is 9.87. The van der Waals surface area contributed by atoms with Gasteiger partial charge >= 0.3 is 0 Å². The van der Waals surface area contributed by atoms with Crippen molar-refractivity contribution >= 4 is 34.8 Å². The largest absolute Gasteiger partial charge is 0.396 e. The highest BCUT2D eigenvalue weighted by atomic mass is 35.5. The Kier molecular flexibility index (Phi) is 5.55. The molecular weight excluding hydrogens is 295 g/mol. The van der Waals surface area contributed by atoms with Crippen LogP contribution in [0.25, 0.3) is 0 Å². The van der Waals surface area contributed by atoms with Crippen molar-refractivity contribution in [3.63, 3.8) is 0 Å². The maximum atomic E-state index is 12.0. The Morgan fingerprint density at radius 1 is 1.20 bits per heavy atom. The fraction of sp³-hybridized carbons (Fsp3) is 0.533. The second-order valence-electron chi connectivity index (χ2n) is 5.40. The SMILES string of the molecule is Nc1c(Cl)cc(C(=O)NCCC2CCCCC2)cc1Cl. The van der Waals surface area contributed by atoms with Crippen LogP contribution in [0.15, 0.2) is 12.1 Å². The molecule has 0 bridgehead atoms. The molecule has 1 aromatic carbocycles. The minimum Gasteiger partial charge on any atom is -0.396 e. The number of carbonyl (C=O) groups is 1. The maximum absolute atomic E-state index is 12.0. The monoisotopic (exact) mass is 314 g/mol. The third kappa shape index (κ3) is 4.03. The van der Waals surface area contributed by atoms with Gasteiger partial charge < -0.3 is 11.1 Å². The molecule has 0 radical (unpaired) electrons. The molecule has 1 aromatic rings. The molecule has 5 heteroatoms. The number of carbonyl (C=O) groups excluding carboxylic acids is 1. The normalized spacial score (nSPS) is 16.1. The van der Waals surface area contributed by atoms with Gasteiger partial charge in [0.05, 0.1) is 15.7 Å². The van der Waals surface area contributed by atoms with Gasteiger partial charge in [0, 0.05) is 12.1 Å². The molecule has 1 aliphatic rings. The second kappa shape index (κ2) is 7.19. The van der Waals surface area contributed by atoms with Crippen molar-refractivity contribution in [1.29, 1.82) is 0 Å². The Balaban J connectivity index is 1.85. The number of nitrogen functional groups attached to an aromatic ring is 1. The van der Waals surface area contributed by atoms with E-state index in [4.69, 9.17) is 28.9 Å². The smallest absolute Gasteiger partial charge is 0.251 e. The summed E-state index contributed by atoms with van der Waals surface area (Å²) < 4.78 is 0. The molecule has 2 rings (SSSR count). The van der Waals surface area contributed by atoms with Crippen molar-refractivity contribution in [2.24, 2.45) is 5.92 Å². The van der Waals surface area contributed by atoms with E-state index in [2.05, 4.69) is 5.32 Å². The molecule has 110 valence electrons. The van der Waals surface area contributed by atoms with Gasteiger partial charge in [0.2, 0.25) is 0 Å². The summed E-state index contributed by atoms with van der Waals surface area (Å²) in [5.74, 6) is 0.604. The van der Waals surface area contributed by atoms with Crippen LogP contribution < -0.4 is 11.1 Å². The van der Waals surface area contributed by atoms with Crippen molar-refractivity contribution in [2.45, 2.75) is 38.5 Å². The van der Waals surface area contributed by atoms with Crippen LogP contribution in [0, 0.1) is 5.92 Å². The van der Waals surface area contributed by atoms with Crippen LogP contribution >= 0.6 is 23.2 Å². The highest BCUT2D eigenvalue weighted by Gasteiger charge is 2.14. The number of amides is 1.